The van der Waals surface area contributed by atoms with Gasteiger partial charge in [-0.2, -0.15) is 0 Å². The van der Waals surface area contributed by atoms with Gasteiger partial charge in [0.05, 0.1) is 17.4 Å². The molecule has 3 rings (SSSR count). The third-order valence-electron chi connectivity index (χ3n) is 2.88. The summed E-state index contributed by atoms with van der Waals surface area (Å²) < 4.78 is 0. The van der Waals surface area contributed by atoms with Crippen LogP contribution in [0.15, 0.2) is 66.9 Å². The second-order valence-electron chi connectivity index (χ2n) is 4.74. The van der Waals surface area contributed by atoms with Crippen LogP contribution >= 0.6 is 0 Å². The molecule has 0 bridgehead atoms. The van der Waals surface area contributed by atoms with Gasteiger partial charge in [0.25, 0.3) is 5.91 Å². The van der Waals surface area contributed by atoms with Crippen LogP contribution in [0.4, 0.5) is 5.69 Å². The molecule has 126 valence electrons. The van der Waals surface area contributed by atoms with Crippen LogP contribution in [-0.2, 0) is 0 Å². The number of hydrogen-bond donors (Lipinski definition) is 2. The molecule has 0 saturated heterocycles. The Kier molecular flexibility index (Phi) is 8.79. The van der Waals surface area contributed by atoms with Crippen molar-refractivity contribution in [3.05, 3.63) is 72.4 Å². The minimum Gasteiger partial charge on any atom is -0.323 e. The monoisotopic (exact) mass is 323 g/mol. The first-order valence-corrected chi connectivity index (χ1v) is 8.04. The summed E-state index contributed by atoms with van der Waals surface area (Å²) in [7, 11) is 3.75. The molecule has 0 radical (unpaired) electrons. The zero-order valence-electron chi connectivity index (χ0n) is 14.7. The number of nitrogens with zero attached hydrogens (tertiary/aromatic N) is 1. The van der Waals surface area contributed by atoms with E-state index in [1.807, 2.05) is 76.5 Å². The lowest BCUT2D eigenvalue weighted by molar-refractivity contribution is 0.102. The number of benzene rings is 2. The van der Waals surface area contributed by atoms with E-state index >= 15 is 0 Å². The number of carbonyl (C=O) groups is 1. The second-order valence-corrected chi connectivity index (χ2v) is 4.74. The van der Waals surface area contributed by atoms with Crippen molar-refractivity contribution >= 4 is 22.5 Å². The van der Waals surface area contributed by atoms with E-state index in [0.717, 1.165) is 10.9 Å². The predicted octanol–water partition coefficient (Wildman–Crippen LogP) is 4.35. The minimum absolute atomic E-state index is 0.127. The predicted molar refractivity (Wildman–Crippen MR) is 102 cm³/mol. The van der Waals surface area contributed by atoms with Gasteiger partial charge in [0.2, 0.25) is 0 Å². The van der Waals surface area contributed by atoms with Crippen molar-refractivity contribution in [3.63, 3.8) is 0 Å². The number of carbonyl (C=O) groups excluding carboxylic acids is 1. The summed E-state index contributed by atoms with van der Waals surface area (Å²) in [4.78, 5) is 16.3. The normalized spacial score (nSPS) is 9.17. The molecule has 0 aliphatic heterocycles. The van der Waals surface area contributed by atoms with Gasteiger partial charge in [-0.15, -0.1) is 0 Å². The highest BCUT2D eigenvalue weighted by molar-refractivity contribution is 6.04. The van der Waals surface area contributed by atoms with E-state index in [0.29, 0.717) is 11.3 Å². The van der Waals surface area contributed by atoms with Gasteiger partial charge in [0, 0.05) is 10.9 Å². The number of nitrogens with one attached hydrogen (secondary N) is 2. The van der Waals surface area contributed by atoms with Crippen molar-refractivity contribution in [2.45, 2.75) is 13.8 Å². The smallest absolute Gasteiger partial charge is 0.255 e. The van der Waals surface area contributed by atoms with Crippen molar-refractivity contribution in [1.29, 1.82) is 0 Å². The fourth-order valence-electron chi connectivity index (χ4n) is 1.93. The van der Waals surface area contributed by atoms with Gasteiger partial charge in [0.1, 0.15) is 0 Å². The molecule has 2 aromatic carbocycles. The van der Waals surface area contributed by atoms with Crippen LogP contribution in [-0.4, -0.2) is 25.0 Å². The summed E-state index contributed by atoms with van der Waals surface area (Å²) in [6.45, 7) is 4.00. The van der Waals surface area contributed by atoms with Crippen LogP contribution in [0.1, 0.15) is 24.2 Å². The lowest BCUT2D eigenvalue weighted by atomic mass is 10.2. The Bertz CT molecular complexity index is 742. The van der Waals surface area contributed by atoms with E-state index in [2.05, 4.69) is 15.6 Å². The van der Waals surface area contributed by atoms with Gasteiger partial charge in [-0.25, -0.2) is 0 Å². The molecule has 1 amide bonds. The first kappa shape index (κ1) is 19.3. The zero-order valence-corrected chi connectivity index (χ0v) is 14.7. The van der Waals surface area contributed by atoms with Crippen molar-refractivity contribution in [2.75, 3.05) is 19.4 Å². The molecular formula is C20H25N3O. The molecule has 0 saturated carbocycles. The molecule has 0 spiro atoms. The molecular weight excluding hydrogens is 298 g/mol. The van der Waals surface area contributed by atoms with E-state index in [9.17, 15) is 4.79 Å². The number of hydrogen-bond acceptors (Lipinski definition) is 3. The number of fused-ring (bicyclic) bond motifs is 1. The van der Waals surface area contributed by atoms with Crippen LogP contribution in [0.5, 0.6) is 0 Å². The van der Waals surface area contributed by atoms with Gasteiger partial charge in [0.15, 0.2) is 0 Å². The lowest BCUT2D eigenvalue weighted by Crippen LogP contribution is -2.11. The Morgan fingerprint density at radius 1 is 0.917 bits per heavy atom. The number of aromatic nitrogens is 1. The van der Waals surface area contributed by atoms with Gasteiger partial charge in [-0.3, -0.25) is 9.78 Å². The number of anilines is 1. The largest absolute Gasteiger partial charge is 0.323 e. The average Bonchev–Trinajstić information content (AvgIpc) is 2.65. The highest BCUT2D eigenvalue weighted by Gasteiger charge is 2.05. The Balaban J connectivity index is 0.000000521. The molecule has 24 heavy (non-hydrogen) atoms. The van der Waals surface area contributed by atoms with Crippen LogP contribution in [0.3, 0.4) is 0 Å². The molecule has 4 heteroatoms. The van der Waals surface area contributed by atoms with E-state index < -0.39 is 0 Å². The van der Waals surface area contributed by atoms with Crippen LogP contribution in [0, 0.1) is 0 Å². The summed E-state index contributed by atoms with van der Waals surface area (Å²) in [6, 6.07) is 18.9. The molecule has 0 unspecified atom stereocenters. The summed E-state index contributed by atoms with van der Waals surface area (Å²) in [6.07, 6.45) is 1.67. The van der Waals surface area contributed by atoms with Crippen molar-refractivity contribution in [1.82, 2.24) is 10.3 Å². The van der Waals surface area contributed by atoms with Crippen LogP contribution in [0.2, 0.25) is 0 Å². The number of pyridine rings is 1. The fourth-order valence-corrected chi connectivity index (χ4v) is 1.93. The maximum atomic E-state index is 12.0. The maximum Gasteiger partial charge on any atom is 0.255 e. The van der Waals surface area contributed by atoms with Gasteiger partial charge < -0.3 is 10.6 Å². The Morgan fingerprint density at radius 2 is 1.50 bits per heavy atom. The van der Waals surface area contributed by atoms with Gasteiger partial charge >= 0.3 is 0 Å². The Morgan fingerprint density at radius 3 is 2.17 bits per heavy atom. The quantitative estimate of drug-likeness (QED) is 0.737. The summed E-state index contributed by atoms with van der Waals surface area (Å²) in [5, 5.41) is 6.61. The third-order valence-corrected chi connectivity index (χ3v) is 2.88. The minimum atomic E-state index is -0.127. The second kappa shape index (κ2) is 10.9. The van der Waals surface area contributed by atoms with Crippen molar-refractivity contribution in [3.8, 4) is 0 Å². The Labute approximate surface area is 143 Å². The molecule has 2 N–H and O–H groups in total. The molecule has 3 aromatic rings. The maximum absolute atomic E-state index is 12.0. The SMILES string of the molecule is CC.CNC.O=C(Nc1cnc2ccccc2c1)c1ccccc1. The molecule has 4 nitrogen and oxygen atoms in total. The van der Waals surface area contributed by atoms with Crippen LogP contribution in [0.25, 0.3) is 10.9 Å². The molecule has 0 atom stereocenters. The van der Waals surface area contributed by atoms with Crippen LogP contribution < -0.4 is 10.6 Å². The summed E-state index contributed by atoms with van der Waals surface area (Å²) >= 11 is 0. The lowest BCUT2D eigenvalue weighted by Gasteiger charge is -2.05. The number of amides is 1. The number of para-hydroxylation sites is 1. The average molecular weight is 323 g/mol. The molecule has 0 aliphatic carbocycles. The van der Waals surface area contributed by atoms with Gasteiger partial charge in [-0.1, -0.05) is 50.2 Å². The standard InChI is InChI=1S/C16H12N2O.C2H7N.C2H6/c19-16(12-6-2-1-3-7-12)18-14-10-13-8-4-5-9-15(13)17-11-14;1-3-2;1-2/h1-11H,(H,18,19);3H,1-2H3;1-2H3. The Hall–Kier alpha value is -2.72. The zero-order chi connectivity index (χ0) is 17.8. The number of rotatable bonds is 2. The topological polar surface area (TPSA) is 54.0 Å². The highest BCUT2D eigenvalue weighted by Crippen LogP contribution is 2.16. The molecule has 0 fully saturated rings. The van der Waals surface area contributed by atoms with Gasteiger partial charge in [-0.05, 0) is 38.4 Å². The first-order valence-electron chi connectivity index (χ1n) is 8.04. The van der Waals surface area contributed by atoms with Crippen molar-refractivity contribution in [2.24, 2.45) is 0 Å². The van der Waals surface area contributed by atoms with Crippen molar-refractivity contribution < 1.29 is 4.79 Å². The molecule has 1 heterocycles. The van der Waals surface area contributed by atoms with E-state index in [-0.39, 0.29) is 5.91 Å². The van der Waals surface area contributed by atoms with E-state index in [1.54, 1.807) is 18.3 Å². The summed E-state index contributed by atoms with van der Waals surface area (Å²) in [5.74, 6) is -0.127. The first-order chi connectivity index (χ1) is 11.7. The van der Waals surface area contributed by atoms with E-state index in [1.165, 1.54) is 0 Å². The highest BCUT2D eigenvalue weighted by atomic mass is 16.1. The third kappa shape index (κ3) is 5.82. The fraction of sp³-hybridized carbons (Fsp3) is 0.200. The molecule has 0 aliphatic rings. The summed E-state index contributed by atoms with van der Waals surface area (Å²) in [5.41, 5.74) is 2.25. The van der Waals surface area contributed by atoms with E-state index in [4.69, 9.17) is 0 Å². The molecule has 1 aromatic heterocycles.